The van der Waals surface area contributed by atoms with Gasteiger partial charge in [0.25, 0.3) is 11.8 Å². The first kappa shape index (κ1) is 35.5. The molecule has 3 aromatic rings. The second-order valence-corrected chi connectivity index (χ2v) is 9.68. The Bertz CT molecular complexity index is 1880. The van der Waals surface area contributed by atoms with E-state index in [1.807, 2.05) is 0 Å². The summed E-state index contributed by atoms with van der Waals surface area (Å²) in [6, 6.07) is 9.86. The van der Waals surface area contributed by atoms with Crippen LogP contribution in [0.5, 0.6) is 0 Å². The van der Waals surface area contributed by atoms with Gasteiger partial charge in [-0.1, -0.05) is 0 Å². The predicted octanol–water partition coefficient (Wildman–Crippen LogP) is 3.50. The standard InChI is InChI=1S/C30H26N6O12/c1-13(37)23(35-33-21-11-15(27(41)42)3-9-19(21)29(45)46)25(39)31-17-5-7-18(8-6-17)32-26(40)24(14(2)38)36-34-22-12-16(28(43)44)4-10-20(22)30(47)48/h3-12,23,33,35,38H,1-2H3,(H,31,39)(H,32,40)(H,41,42)(H,43,44)(H,45,46)(H,47,48). The second-order valence-electron chi connectivity index (χ2n) is 9.68. The molecule has 2 amide bonds. The van der Waals surface area contributed by atoms with E-state index < -0.39 is 70.2 Å². The lowest BCUT2D eigenvalue weighted by Gasteiger charge is -2.18. The maximum absolute atomic E-state index is 12.9. The van der Waals surface area contributed by atoms with Gasteiger partial charge in [0.15, 0.2) is 17.5 Å². The number of Topliss-reactive ketones (excluding diaryl/α,β-unsaturated/α-hetero) is 1. The van der Waals surface area contributed by atoms with Crippen LogP contribution < -0.4 is 21.5 Å². The zero-order valence-corrected chi connectivity index (χ0v) is 24.8. The third-order valence-electron chi connectivity index (χ3n) is 6.22. The number of aliphatic hydroxyl groups excluding tert-OH is 1. The summed E-state index contributed by atoms with van der Waals surface area (Å²) in [5.41, 5.74) is 2.54. The molecule has 0 saturated heterocycles. The highest BCUT2D eigenvalue weighted by molar-refractivity contribution is 6.10. The Hall–Kier alpha value is -6.95. The minimum atomic E-state index is -1.57. The highest BCUT2D eigenvalue weighted by Gasteiger charge is 2.24. The lowest BCUT2D eigenvalue weighted by molar-refractivity contribution is -0.127. The van der Waals surface area contributed by atoms with Crippen molar-refractivity contribution >= 4 is 64.2 Å². The second kappa shape index (κ2) is 15.4. The van der Waals surface area contributed by atoms with Crippen molar-refractivity contribution in [2.45, 2.75) is 19.9 Å². The van der Waals surface area contributed by atoms with Gasteiger partial charge in [-0.3, -0.25) is 14.4 Å². The molecule has 0 aliphatic rings. The number of hydrogen-bond donors (Lipinski definition) is 9. The maximum Gasteiger partial charge on any atom is 0.337 e. The molecule has 0 radical (unpaired) electrons. The van der Waals surface area contributed by atoms with Gasteiger partial charge >= 0.3 is 23.9 Å². The zero-order valence-electron chi connectivity index (χ0n) is 24.8. The van der Waals surface area contributed by atoms with E-state index >= 15 is 0 Å². The monoisotopic (exact) mass is 662 g/mol. The van der Waals surface area contributed by atoms with Crippen molar-refractivity contribution in [3.05, 3.63) is 94.4 Å². The largest absolute Gasteiger partial charge is 0.510 e. The van der Waals surface area contributed by atoms with Crippen molar-refractivity contribution < 1.29 is 59.1 Å². The quantitative estimate of drug-likeness (QED) is 0.0392. The molecule has 0 heterocycles. The van der Waals surface area contributed by atoms with Crippen LogP contribution in [0.2, 0.25) is 0 Å². The summed E-state index contributed by atoms with van der Waals surface area (Å²) in [4.78, 5) is 83.5. The fourth-order valence-electron chi connectivity index (χ4n) is 3.82. The lowest BCUT2D eigenvalue weighted by Crippen LogP contribution is -2.48. The molecule has 3 rings (SSSR count). The van der Waals surface area contributed by atoms with Crippen LogP contribution in [0.25, 0.3) is 0 Å². The van der Waals surface area contributed by atoms with E-state index in [2.05, 4.69) is 31.7 Å². The molecule has 48 heavy (non-hydrogen) atoms. The van der Waals surface area contributed by atoms with Crippen LogP contribution in [0.4, 0.5) is 22.7 Å². The number of carboxylic acid groups (broad SMARTS) is 4. The molecular formula is C30H26N6O12. The van der Waals surface area contributed by atoms with Gasteiger partial charge in [-0.2, -0.15) is 0 Å². The molecule has 18 nitrogen and oxygen atoms in total. The third kappa shape index (κ3) is 9.05. The van der Waals surface area contributed by atoms with Crippen LogP contribution in [-0.2, 0) is 14.4 Å². The lowest BCUT2D eigenvalue weighted by atomic mass is 10.1. The van der Waals surface area contributed by atoms with Crippen molar-refractivity contribution in [2.24, 2.45) is 10.2 Å². The third-order valence-corrected chi connectivity index (χ3v) is 6.22. The first-order valence-corrected chi connectivity index (χ1v) is 13.4. The van der Waals surface area contributed by atoms with E-state index in [1.54, 1.807) is 0 Å². The molecule has 18 heteroatoms. The number of carboxylic acids is 4. The van der Waals surface area contributed by atoms with E-state index in [4.69, 9.17) is 0 Å². The number of nitrogens with one attached hydrogen (secondary N) is 4. The van der Waals surface area contributed by atoms with Gasteiger partial charge in [0.05, 0.1) is 27.9 Å². The summed E-state index contributed by atoms with van der Waals surface area (Å²) in [5, 5.41) is 59.3. The highest BCUT2D eigenvalue weighted by Crippen LogP contribution is 2.24. The average molecular weight is 663 g/mol. The van der Waals surface area contributed by atoms with E-state index in [0.29, 0.717) is 0 Å². The summed E-state index contributed by atoms with van der Waals surface area (Å²) < 4.78 is 0. The van der Waals surface area contributed by atoms with Gasteiger partial charge in [-0.15, -0.1) is 10.2 Å². The van der Waals surface area contributed by atoms with E-state index in [0.717, 1.165) is 50.2 Å². The molecule has 0 fully saturated rings. The summed E-state index contributed by atoms with van der Waals surface area (Å²) in [5.74, 6) is -8.70. The Morgan fingerprint density at radius 3 is 1.67 bits per heavy atom. The Labute approximate surface area is 269 Å². The molecule has 1 unspecified atom stereocenters. The number of aliphatic hydroxyl groups is 1. The molecule has 0 saturated carbocycles. The van der Waals surface area contributed by atoms with Gasteiger partial charge < -0.3 is 41.6 Å². The first-order valence-electron chi connectivity index (χ1n) is 13.4. The van der Waals surface area contributed by atoms with Crippen LogP contribution in [0.3, 0.4) is 0 Å². The Kier molecular flexibility index (Phi) is 11.4. The van der Waals surface area contributed by atoms with Crippen LogP contribution in [0, 0.1) is 0 Å². The number of carbonyl (C=O) groups is 7. The number of rotatable bonds is 14. The van der Waals surface area contributed by atoms with Gasteiger partial charge in [0, 0.05) is 11.4 Å². The smallest absolute Gasteiger partial charge is 0.337 e. The minimum absolute atomic E-state index is 0.133. The van der Waals surface area contributed by atoms with Crippen molar-refractivity contribution in [1.29, 1.82) is 0 Å². The molecule has 248 valence electrons. The number of nitrogens with zero attached hydrogens (tertiary/aromatic N) is 2. The van der Waals surface area contributed by atoms with E-state index in [1.165, 1.54) is 24.3 Å². The van der Waals surface area contributed by atoms with Crippen LogP contribution >= 0.6 is 0 Å². The van der Waals surface area contributed by atoms with Crippen molar-refractivity contribution in [2.75, 3.05) is 16.1 Å². The normalized spacial score (nSPS) is 12.0. The van der Waals surface area contributed by atoms with Gasteiger partial charge in [-0.05, 0) is 74.5 Å². The molecule has 0 bridgehead atoms. The zero-order chi connectivity index (χ0) is 35.7. The molecule has 9 N–H and O–H groups in total. The average Bonchev–Trinajstić information content (AvgIpc) is 3.01. The van der Waals surface area contributed by atoms with Crippen molar-refractivity contribution in [3.63, 3.8) is 0 Å². The number of hydrogen-bond acceptors (Lipinski definition) is 12. The predicted molar refractivity (Wildman–Crippen MR) is 165 cm³/mol. The number of aromatic carboxylic acids is 4. The maximum atomic E-state index is 12.9. The van der Waals surface area contributed by atoms with Crippen LogP contribution in [0.1, 0.15) is 55.3 Å². The molecule has 3 aromatic carbocycles. The van der Waals surface area contributed by atoms with Gasteiger partial charge in [-0.25, -0.2) is 24.6 Å². The van der Waals surface area contributed by atoms with Crippen LogP contribution in [0.15, 0.2) is 82.3 Å². The Morgan fingerprint density at radius 1 is 0.646 bits per heavy atom. The number of ketones is 1. The molecule has 0 aliphatic carbocycles. The summed E-state index contributed by atoms with van der Waals surface area (Å²) >= 11 is 0. The minimum Gasteiger partial charge on any atom is -0.510 e. The number of allylic oxidation sites excluding steroid dienone is 1. The number of benzene rings is 3. The Balaban J connectivity index is 1.72. The van der Waals surface area contributed by atoms with Crippen LogP contribution in [-0.4, -0.2) is 73.0 Å². The Morgan fingerprint density at radius 2 is 1.17 bits per heavy atom. The fraction of sp³-hybridized carbons (Fsp3) is 0.100. The highest BCUT2D eigenvalue weighted by atomic mass is 16.4. The number of anilines is 3. The molecule has 0 aromatic heterocycles. The van der Waals surface area contributed by atoms with Crippen molar-refractivity contribution in [1.82, 2.24) is 5.43 Å². The first-order chi connectivity index (χ1) is 22.6. The van der Waals surface area contributed by atoms with Gasteiger partial charge in [0.1, 0.15) is 11.4 Å². The fourth-order valence-corrected chi connectivity index (χ4v) is 3.82. The topological polar surface area (TPSA) is 293 Å². The molecule has 0 aliphatic heterocycles. The van der Waals surface area contributed by atoms with E-state index in [-0.39, 0.29) is 33.8 Å². The van der Waals surface area contributed by atoms with E-state index in [9.17, 15) is 59.1 Å². The summed E-state index contributed by atoms with van der Waals surface area (Å²) in [7, 11) is 0. The molecular weight excluding hydrogens is 636 g/mol. The summed E-state index contributed by atoms with van der Waals surface area (Å²) in [6.45, 7) is 2.19. The number of amides is 2. The number of hydrazine groups is 1. The van der Waals surface area contributed by atoms with Gasteiger partial charge in [0.2, 0.25) is 0 Å². The SMILES string of the molecule is CC(=O)C(NNc1cc(C(=O)O)ccc1C(=O)O)C(=O)Nc1ccc(NC(=O)C(N=Nc2cc(C(=O)O)ccc2C(=O)O)=C(C)O)cc1. The number of carbonyl (C=O) groups excluding carboxylic acids is 3. The summed E-state index contributed by atoms with van der Waals surface area (Å²) in [6.07, 6.45) is 0. The molecule has 1 atom stereocenters. The van der Waals surface area contributed by atoms with Crippen molar-refractivity contribution in [3.8, 4) is 0 Å². The number of azo groups is 1. The molecule has 0 spiro atoms.